The van der Waals surface area contributed by atoms with Crippen LogP contribution in [-0.4, -0.2) is 33.7 Å². The van der Waals surface area contributed by atoms with Gasteiger partial charge in [0.15, 0.2) is 4.60 Å². The molecule has 0 aliphatic carbocycles. The molecule has 0 aliphatic heterocycles. The van der Waals surface area contributed by atoms with Crippen molar-refractivity contribution in [1.82, 2.24) is 20.3 Å². The summed E-state index contributed by atoms with van der Waals surface area (Å²) in [4.78, 5) is 0. The van der Waals surface area contributed by atoms with E-state index in [4.69, 9.17) is 4.74 Å². The number of hydrogen-bond acceptors (Lipinski definition) is 4. The molecule has 18 heavy (non-hydrogen) atoms. The van der Waals surface area contributed by atoms with Crippen molar-refractivity contribution in [2.24, 2.45) is 7.05 Å². The Hall–Kier alpha value is -0.460. The lowest BCUT2D eigenvalue weighted by Gasteiger charge is -2.25. The first-order chi connectivity index (χ1) is 8.35. The lowest BCUT2D eigenvalue weighted by Crippen LogP contribution is -2.32. The molecule has 0 fully saturated rings. The van der Waals surface area contributed by atoms with Gasteiger partial charge in [-0.3, -0.25) is 0 Å². The van der Waals surface area contributed by atoms with E-state index in [1.807, 2.05) is 7.05 Å². The molecule has 0 aliphatic rings. The fraction of sp³-hybridized carbons (Fsp3) is 0.833. The Kier molecular flexibility index (Phi) is 5.75. The lowest BCUT2D eigenvalue weighted by molar-refractivity contribution is -0.0157. The van der Waals surface area contributed by atoms with E-state index in [1.54, 1.807) is 4.68 Å². The Morgan fingerprint density at radius 1 is 1.44 bits per heavy atom. The summed E-state index contributed by atoms with van der Waals surface area (Å²) in [5, 5.41) is 11.5. The standard InChI is InChI=1S/C12H23BrN4O/c1-6-7-14-9(8-18-12(2,3)4)10-11(13)15-16-17(10)5/h9,14H,6-8H2,1-5H3. The Balaban J connectivity index is 2.78. The number of aryl methyl sites for hydroxylation is 1. The Labute approximate surface area is 117 Å². The molecule has 0 saturated carbocycles. The topological polar surface area (TPSA) is 52.0 Å². The minimum Gasteiger partial charge on any atom is -0.374 e. The highest BCUT2D eigenvalue weighted by atomic mass is 79.9. The molecule has 1 aromatic heterocycles. The highest BCUT2D eigenvalue weighted by molar-refractivity contribution is 9.10. The summed E-state index contributed by atoms with van der Waals surface area (Å²) in [7, 11) is 1.89. The summed E-state index contributed by atoms with van der Waals surface area (Å²) in [6.45, 7) is 9.85. The van der Waals surface area contributed by atoms with Crippen LogP contribution in [0.25, 0.3) is 0 Å². The van der Waals surface area contributed by atoms with Crippen LogP contribution in [0.1, 0.15) is 45.9 Å². The second-order valence-electron chi connectivity index (χ2n) is 5.32. The molecular formula is C12H23BrN4O. The van der Waals surface area contributed by atoms with E-state index in [0.717, 1.165) is 23.3 Å². The second-order valence-corrected chi connectivity index (χ2v) is 6.07. The van der Waals surface area contributed by atoms with Crippen molar-refractivity contribution in [3.63, 3.8) is 0 Å². The van der Waals surface area contributed by atoms with Crippen LogP contribution >= 0.6 is 15.9 Å². The van der Waals surface area contributed by atoms with Crippen LogP contribution in [-0.2, 0) is 11.8 Å². The van der Waals surface area contributed by atoms with Crippen LogP contribution in [0.3, 0.4) is 0 Å². The van der Waals surface area contributed by atoms with E-state index >= 15 is 0 Å². The van der Waals surface area contributed by atoms with Gasteiger partial charge in [0.1, 0.15) is 0 Å². The first kappa shape index (κ1) is 15.6. The van der Waals surface area contributed by atoms with Crippen LogP contribution in [0, 0.1) is 0 Å². The smallest absolute Gasteiger partial charge is 0.153 e. The second kappa shape index (κ2) is 6.63. The van der Waals surface area contributed by atoms with Crippen molar-refractivity contribution in [3.8, 4) is 0 Å². The number of nitrogens with one attached hydrogen (secondary N) is 1. The predicted molar refractivity (Wildman–Crippen MR) is 75.4 cm³/mol. The van der Waals surface area contributed by atoms with Crippen LogP contribution in [0.2, 0.25) is 0 Å². The summed E-state index contributed by atoms with van der Waals surface area (Å²) in [5.41, 5.74) is 0.873. The molecule has 1 unspecified atom stereocenters. The quantitative estimate of drug-likeness (QED) is 0.875. The van der Waals surface area contributed by atoms with Gasteiger partial charge in [-0.1, -0.05) is 12.1 Å². The summed E-state index contributed by atoms with van der Waals surface area (Å²) in [6.07, 6.45) is 1.08. The molecule has 0 amide bonds. The summed E-state index contributed by atoms with van der Waals surface area (Å²) < 4.78 is 8.43. The molecule has 0 radical (unpaired) electrons. The van der Waals surface area contributed by atoms with Gasteiger partial charge in [0.25, 0.3) is 0 Å². The van der Waals surface area contributed by atoms with Gasteiger partial charge in [-0.25, -0.2) is 4.68 Å². The summed E-state index contributed by atoms with van der Waals surface area (Å²) >= 11 is 3.44. The van der Waals surface area contributed by atoms with Gasteiger partial charge < -0.3 is 10.1 Å². The normalized spacial score (nSPS) is 13.9. The first-order valence-corrected chi connectivity index (χ1v) is 7.07. The van der Waals surface area contributed by atoms with Crippen molar-refractivity contribution in [2.45, 2.75) is 45.8 Å². The number of nitrogens with zero attached hydrogens (tertiary/aromatic N) is 3. The molecular weight excluding hydrogens is 296 g/mol. The number of ether oxygens (including phenoxy) is 1. The third kappa shape index (κ3) is 4.66. The largest absolute Gasteiger partial charge is 0.374 e. The number of halogens is 1. The van der Waals surface area contributed by atoms with E-state index in [9.17, 15) is 0 Å². The molecule has 1 rings (SSSR count). The lowest BCUT2D eigenvalue weighted by atomic mass is 10.1. The zero-order valence-electron chi connectivity index (χ0n) is 11.8. The van der Waals surface area contributed by atoms with E-state index in [1.165, 1.54) is 0 Å². The molecule has 0 spiro atoms. The van der Waals surface area contributed by atoms with E-state index in [-0.39, 0.29) is 11.6 Å². The van der Waals surface area contributed by atoms with Crippen LogP contribution in [0.15, 0.2) is 4.60 Å². The molecule has 104 valence electrons. The van der Waals surface area contributed by atoms with Crippen LogP contribution in [0.4, 0.5) is 0 Å². The summed E-state index contributed by atoms with van der Waals surface area (Å²) in [5.74, 6) is 0. The molecule has 0 aromatic carbocycles. The monoisotopic (exact) mass is 318 g/mol. The number of aromatic nitrogens is 3. The van der Waals surface area contributed by atoms with Gasteiger partial charge in [-0.2, -0.15) is 0 Å². The van der Waals surface area contributed by atoms with Crippen molar-refractivity contribution in [2.75, 3.05) is 13.2 Å². The molecule has 1 aromatic rings. The minimum atomic E-state index is -0.148. The average Bonchev–Trinajstić information content (AvgIpc) is 2.59. The fourth-order valence-electron chi connectivity index (χ4n) is 1.60. The molecule has 6 heteroatoms. The van der Waals surface area contributed by atoms with E-state index in [2.05, 4.69) is 59.3 Å². The predicted octanol–water partition coefficient (Wildman–Crippen LogP) is 2.43. The minimum absolute atomic E-state index is 0.0959. The third-order valence-electron chi connectivity index (χ3n) is 2.48. The number of hydrogen-bond donors (Lipinski definition) is 1. The average molecular weight is 319 g/mol. The SMILES string of the molecule is CCCNC(COC(C)(C)C)c1c(Br)nnn1C. The number of rotatable bonds is 6. The van der Waals surface area contributed by atoms with E-state index < -0.39 is 0 Å². The molecule has 0 saturated heterocycles. The Bertz CT molecular complexity index is 353. The van der Waals surface area contributed by atoms with Crippen molar-refractivity contribution in [3.05, 3.63) is 10.3 Å². The fourth-order valence-corrected chi connectivity index (χ4v) is 2.20. The van der Waals surface area contributed by atoms with Gasteiger partial charge in [0.2, 0.25) is 0 Å². The van der Waals surface area contributed by atoms with Crippen molar-refractivity contribution in [1.29, 1.82) is 0 Å². The third-order valence-corrected chi connectivity index (χ3v) is 3.05. The van der Waals surface area contributed by atoms with Crippen LogP contribution < -0.4 is 5.32 Å². The maximum Gasteiger partial charge on any atom is 0.153 e. The maximum atomic E-state index is 5.87. The highest BCUT2D eigenvalue weighted by Crippen LogP contribution is 2.22. The zero-order valence-corrected chi connectivity index (χ0v) is 13.4. The van der Waals surface area contributed by atoms with Gasteiger partial charge in [0.05, 0.1) is 23.9 Å². The van der Waals surface area contributed by atoms with Gasteiger partial charge in [0, 0.05) is 7.05 Å². The maximum absolute atomic E-state index is 5.87. The Morgan fingerprint density at radius 2 is 2.11 bits per heavy atom. The van der Waals surface area contributed by atoms with Crippen LogP contribution in [0.5, 0.6) is 0 Å². The van der Waals surface area contributed by atoms with Crippen molar-refractivity contribution >= 4 is 15.9 Å². The first-order valence-electron chi connectivity index (χ1n) is 6.27. The molecule has 1 heterocycles. The molecule has 0 bridgehead atoms. The molecule has 1 atom stereocenters. The van der Waals surface area contributed by atoms with Crippen molar-refractivity contribution < 1.29 is 4.74 Å². The van der Waals surface area contributed by atoms with Gasteiger partial charge >= 0.3 is 0 Å². The molecule has 1 N–H and O–H groups in total. The Morgan fingerprint density at radius 3 is 2.56 bits per heavy atom. The highest BCUT2D eigenvalue weighted by Gasteiger charge is 2.22. The molecule has 5 nitrogen and oxygen atoms in total. The van der Waals surface area contributed by atoms with Gasteiger partial charge in [-0.15, -0.1) is 5.10 Å². The van der Waals surface area contributed by atoms with E-state index in [0.29, 0.717) is 6.61 Å². The zero-order chi connectivity index (χ0) is 13.8. The van der Waals surface area contributed by atoms with Gasteiger partial charge in [-0.05, 0) is 49.7 Å². The summed E-state index contributed by atoms with van der Waals surface area (Å²) in [6, 6.07) is 0.0959.